The number of benzene rings is 9. The van der Waals surface area contributed by atoms with Crippen molar-refractivity contribution in [2.75, 3.05) is 0 Å². The van der Waals surface area contributed by atoms with E-state index in [1.54, 1.807) is 0 Å². The van der Waals surface area contributed by atoms with Crippen LogP contribution in [0.5, 0.6) is 0 Å². The number of furan rings is 1. The summed E-state index contributed by atoms with van der Waals surface area (Å²) in [4.78, 5) is 15.6. The highest BCUT2D eigenvalue weighted by Crippen LogP contribution is 2.42. The summed E-state index contributed by atoms with van der Waals surface area (Å²) in [5.41, 5.74) is 14.9. The van der Waals surface area contributed by atoms with Gasteiger partial charge in [-0.2, -0.15) is 0 Å². The lowest BCUT2D eigenvalue weighted by Gasteiger charge is -2.12. The number of aromatic nitrogens is 4. The largest absolute Gasteiger partial charge is 0.454 e. The Morgan fingerprint density at radius 3 is 1.69 bits per heavy atom. The maximum Gasteiger partial charge on any atom is 0.162 e. The zero-order valence-corrected chi connectivity index (χ0v) is 34.5. The molecular formula is C59H36N4O. The van der Waals surface area contributed by atoms with Crippen LogP contribution < -0.4 is 0 Å². The van der Waals surface area contributed by atoms with Gasteiger partial charge < -0.3 is 8.98 Å². The van der Waals surface area contributed by atoms with E-state index in [-0.39, 0.29) is 0 Å². The summed E-state index contributed by atoms with van der Waals surface area (Å²) >= 11 is 0. The van der Waals surface area contributed by atoms with Crippen LogP contribution in [-0.4, -0.2) is 19.5 Å². The fourth-order valence-electron chi connectivity index (χ4n) is 9.55. The van der Waals surface area contributed by atoms with Crippen molar-refractivity contribution in [3.05, 3.63) is 218 Å². The van der Waals surface area contributed by atoms with Gasteiger partial charge in [0, 0.05) is 54.9 Å². The van der Waals surface area contributed by atoms with Crippen LogP contribution in [0.3, 0.4) is 0 Å². The van der Waals surface area contributed by atoms with E-state index in [1.807, 2.05) is 30.3 Å². The first-order chi connectivity index (χ1) is 31.7. The highest BCUT2D eigenvalue weighted by Gasteiger charge is 2.20. The van der Waals surface area contributed by atoms with Gasteiger partial charge in [0.25, 0.3) is 0 Å². The molecule has 0 amide bonds. The molecule has 0 aliphatic heterocycles. The molecule has 5 nitrogen and oxygen atoms in total. The van der Waals surface area contributed by atoms with Crippen LogP contribution in [0.2, 0.25) is 0 Å². The second-order valence-corrected chi connectivity index (χ2v) is 16.3. The summed E-state index contributed by atoms with van der Waals surface area (Å²) < 4.78 is 9.01. The van der Waals surface area contributed by atoms with Crippen LogP contribution >= 0.6 is 0 Å². The van der Waals surface area contributed by atoms with E-state index >= 15 is 0 Å². The van der Waals surface area contributed by atoms with Crippen molar-refractivity contribution in [2.24, 2.45) is 0 Å². The average Bonchev–Trinajstić information content (AvgIpc) is 3.93. The molecular weight excluding hydrogens is 781 g/mol. The molecule has 0 aliphatic carbocycles. The Morgan fingerprint density at radius 1 is 0.375 bits per heavy atom. The number of hydrogen-bond donors (Lipinski definition) is 0. The number of hydrogen-bond acceptors (Lipinski definition) is 4. The minimum absolute atomic E-state index is 0.685. The lowest BCUT2D eigenvalue weighted by molar-refractivity contribution is 0.669. The minimum Gasteiger partial charge on any atom is -0.454 e. The zero-order valence-electron chi connectivity index (χ0n) is 34.5. The summed E-state index contributed by atoms with van der Waals surface area (Å²) in [7, 11) is 0. The van der Waals surface area contributed by atoms with Crippen LogP contribution in [0.4, 0.5) is 0 Å². The summed E-state index contributed by atoms with van der Waals surface area (Å²) in [5.74, 6) is 0.685. The van der Waals surface area contributed by atoms with Crippen LogP contribution in [0.15, 0.2) is 223 Å². The van der Waals surface area contributed by atoms with Crippen molar-refractivity contribution in [1.82, 2.24) is 19.5 Å². The van der Waals surface area contributed by atoms with Crippen molar-refractivity contribution in [3.8, 4) is 62.0 Å². The molecule has 0 N–H and O–H groups in total. The number of para-hydroxylation sites is 3. The highest BCUT2D eigenvalue weighted by atomic mass is 16.3. The van der Waals surface area contributed by atoms with E-state index in [0.717, 1.165) is 94.4 Å². The van der Waals surface area contributed by atoms with Gasteiger partial charge in [0.2, 0.25) is 0 Å². The Morgan fingerprint density at radius 2 is 0.953 bits per heavy atom. The van der Waals surface area contributed by atoms with E-state index < -0.39 is 0 Å². The highest BCUT2D eigenvalue weighted by molar-refractivity contribution is 6.22. The van der Waals surface area contributed by atoms with E-state index in [4.69, 9.17) is 19.4 Å². The van der Waals surface area contributed by atoms with Gasteiger partial charge in [-0.3, -0.25) is 0 Å². The molecule has 4 aromatic heterocycles. The van der Waals surface area contributed by atoms with Gasteiger partial charge in [0.1, 0.15) is 11.3 Å². The molecule has 5 heteroatoms. The Bertz CT molecular complexity index is 3880. The second kappa shape index (κ2) is 14.5. The van der Waals surface area contributed by atoms with E-state index in [9.17, 15) is 0 Å². The van der Waals surface area contributed by atoms with Crippen molar-refractivity contribution in [1.29, 1.82) is 0 Å². The van der Waals surface area contributed by atoms with Gasteiger partial charge >= 0.3 is 0 Å². The maximum atomic E-state index is 6.67. The van der Waals surface area contributed by atoms with Crippen LogP contribution in [0.1, 0.15) is 0 Å². The number of rotatable bonds is 6. The molecule has 0 spiro atoms. The minimum atomic E-state index is 0.685. The predicted octanol–water partition coefficient (Wildman–Crippen LogP) is 15.5. The van der Waals surface area contributed by atoms with Crippen LogP contribution in [0.25, 0.3) is 127 Å². The number of nitrogens with zero attached hydrogens (tertiary/aromatic N) is 4. The van der Waals surface area contributed by atoms with Gasteiger partial charge in [-0.25, -0.2) is 15.0 Å². The SMILES string of the molecule is c1ccc(-c2nc(-c3ccc(-c4ccc5nc(-c6cccc7ccccc67)c6oc7ccccc7c6c5c4)cc3)cc(-c3ccc(-n4c5ccccc5c5ccccc54)cc3)n2)cc1. The molecule has 64 heavy (non-hydrogen) atoms. The van der Waals surface area contributed by atoms with E-state index in [0.29, 0.717) is 5.82 Å². The Balaban J connectivity index is 0.894. The van der Waals surface area contributed by atoms with Gasteiger partial charge in [-0.05, 0) is 70.4 Å². The van der Waals surface area contributed by atoms with E-state index in [1.165, 1.54) is 27.2 Å². The normalized spacial score (nSPS) is 11.8. The molecule has 13 rings (SSSR count). The topological polar surface area (TPSA) is 56.7 Å². The van der Waals surface area contributed by atoms with Crippen LogP contribution in [-0.2, 0) is 0 Å². The number of pyridine rings is 1. The molecule has 298 valence electrons. The fraction of sp³-hybridized carbons (Fsp3) is 0. The molecule has 4 heterocycles. The molecule has 0 radical (unpaired) electrons. The van der Waals surface area contributed by atoms with Gasteiger partial charge in [0.15, 0.2) is 11.4 Å². The Hall–Kier alpha value is -8.67. The number of fused-ring (bicyclic) bond motifs is 9. The summed E-state index contributed by atoms with van der Waals surface area (Å²) in [6.07, 6.45) is 0. The molecule has 9 aromatic carbocycles. The monoisotopic (exact) mass is 816 g/mol. The third kappa shape index (κ3) is 5.83. The van der Waals surface area contributed by atoms with Crippen molar-refractivity contribution < 1.29 is 4.42 Å². The van der Waals surface area contributed by atoms with Gasteiger partial charge in [-0.1, -0.05) is 170 Å². The standard InChI is InChI=1S/C59H36N4O/c1-2-14-41(15-3-1)59-61-51(36-52(62-59)40-29-32-43(33-30-40)63-53-22-9-6-18-45(53)46-19-7-10-23-54(46)63)39-27-25-37(26-28-39)42-31-34-50-49(35-42)56-48-20-8-11-24-55(48)64-58(56)57(60-50)47-21-12-16-38-13-4-5-17-44(38)47/h1-36H. The molecule has 0 fully saturated rings. The van der Waals surface area contributed by atoms with Crippen molar-refractivity contribution >= 4 is 65.4 Å². The Kier molecular flexibility index (Phi) is 8.15. The first-order valence-electron chi connectivity index (χ1n) is 21.6. The first-order valence-corrected chi connectivity index (χ1v) is 21.6. The first kappa shape index (κ1) is 36.0. The molecule has 13 aromatic rings. The molecule has 0 atom stereocenters. The van der Waals surface area contributed by atoms with Gasteiger partial charge in [-0.15, -0.1) is 0 Å². The lowest BCUT2D eigenvalue weighted by atomic mass is 9.96. The quantitative estimate of drug-likeness (QED) is 0.168. The fourth-order valence-corrected chi connectivity index (χ4v) is 9.55. The summed E-state index contributed by atoms with van der Waals surface area (Å²) in [6.45, 7) is 0. The zero-order chi connectivity index (χ0) is 42.1. The third-order valence-corrected chi connectivity index (χ3v) is 12.6. The second-order valence-electron chi connectivity index (χ2n) is 16.3. The molecule has 0 unspecified atom stereocenters. The van der Waals surface area contributed by atoms with Crippen LogP contribution in [0, 0.1) is 0 Å². The van der Waals surface area contributed by atoms with Crippen molar-refractivity contribution in [3.63, 3.8) is 0 Å². The maximum absolute atomic E-state index is 6.67. The van der Waals surface area contributed by atoms with Gasteiger partial charge in [0.05, 0.1) is 27.9 Å². The Labute approximate surface area is 368 Å². The van der Waals surface area contributed by atoms with Crippen molar-refractivity contribution in [2.45, 2.75) is 0 Å². The molecule has 0 bridgehead atoms. The van der Waals surface area contributed by atoms with E-state index in [2.05, 4.69) is 193 Å². The average molecular weight is 817 g/mol. The molecule has 0 saturated heterocycles. The third-order valence-electron chi connectivity index (χ3n) is 12.6. The smallest absolute Gasteiger partial charge is 0.162 e. The molecule has 0 saturated carbocycles. The molecule has 0 aliphatic rings. The predicted molar refractivity (Wildman–Crippen MR) is 264 cm³/mol. The lowest BCUT2D eigenvalue weighted by Crippen LogP contribution is -1.97. The summed E-state index contributed by atoms with van der Waals surface area (Å²) in [6, 6.07) is 76.7. The summed E-state index contributed by atoms with van der Waals surface area (Å²) in [5, 5.41) is 8.02.